The highest BCUT2D eigenvalue weighted by Crippen LogP contribution is 2.19. The van der Waals surface area contributed by atoms with Crippen molar-refractivity contribution in [2.24, 2.45) is 0 Å². The third kappa shape index (κ3) is 4.96. The van der Waals surface area contributed by atoms with E-state index >= 15 is 0 Å². The van der Waals surface area contributed by atoms with Gasteiger partial charge in [-0.2, -0.15) is 0 Å². The molecule has 1 fully saturated rings. The van der Waals surface area contributed by atoms with Crippen molar-refractivity contribution in [1.82, 2.24) is 15.5 Å². The van der Waals surface area contributed by atoms with E-state index < -0.39 is 0 Å². The van der Waals surface area contributed by atoms with Gasteiger partial charge in [0, 0.05) is 12.2 Å². The second kappa shape index (κ2) is 8.91. The molecular weight excluding hydrogens is 294 g/mol. The number of hydrogen-bond donors (Lipinski definition) is 2. The summed E-state index contributed by atoms with van der Waals surface area (Å²) in [7, 11) is 0. The van der Waals surface area contributed by atoms with Crippen LogP contribution in [-0.2, 0) is 9.53 Å². The van der Waals surface area contributed by atoms with Crippen LogP contribution >= 0.6 is 0 Å². The Hall–Kier alpha value is -1.56. The van der Waals surface area contributed by atoms with Gasteiger partial charge in [-0.1, -0.05) is 26.2 Å². The maximum atomic E-state index is 12.4. The molecule has 2 aliphatic rings. The van der Waals surface area contributed by atoms with Crippen LogP contribution in [0.4, 0.5) is 4.79 Å². The third-order valence-corrected chi connectivity index (χ3v) is 4.48. The van der Waals surface area contributed by atoms with E-state index in [-0.39, 0.29) is 18.0 Å². The van der Waals surface area contributed by atoms with Crippen LogP contribution in [-0.4, -0.2) is 49.2 Å². The molecule has 1 atom stereocenters. The molecule has 2 N–H and O–H groups in total. The van der Waals surface area contributed by atoms with Crippen LogP contribution in [0, 0.1) is 0 Å². The lowest BCUT2D eigenvalue weighted by molar-refractivity contribution is -0.139. The number of nitrogens with zero attached hydrogens (tertiary/aromatic N) is 1. The zero-order valence-electron chi connectivity index (χ0n) is 14.3. The summed E-state index contributed by atoms with van der Waals surface area (Å²) in [6.45, 7) is 6.73. The molecule has 6 heteroatoms. The molecule has 0 aromatic rings. The average molecular weight is 323 g/mol. The van der Waals surface area contributed by atoms with Crippen molar-refractivity contribution < 1.29 is 14.3 Å². The molecule has 0 saturated carbocycles. The van der Waals surface area contributed by atoms with E-state index in [4.69, 9.17) is 4.74 Å². The van der Waals surface area contributed by atoms with Crippen LogP contribution in [0.5, 0.6) is 0 Å². The number of carbonyl (C=O) groups excluding carboxylic acids is 2. The van der Waals surface area contributed by atoms with E-state index in [1.807, 2.05) is 6.92 Å². The van der Waals surface area contributed by atoms with Crippen LogP contribution in [0.1, 0.15) is 52.4 Å². The molecular formula is C17H29N3O3. The molecule has 23 heavy (non-hydrogen) atoms. The minimum atomic E-state index is -0.325. The summed E-state index contributed by atoms with van der Waals surface area (Å²) in [4.78, 5) is 26.6. The number of rotatable bonds is 5. The molecule has 0 aromatic heterocycles. The number of likely N-dealkylation sites (tertiary alicyclic amines) is 1. The lowest BCUT2D eigenvalue weighted by Crippen LogP contribution is -2.52. The van der Waals surface area contributed by atoms with Crippen molar-refractivity contribution in [3.63, 3.8) is 0 Å². The number of ether oxygens (including phenoxy) is 1. The maximum Gasteiger partial charge on any atom is 0.337 e. The molecule has 2 amide bonds. The van der Waals surface area contributed by atoms with Gasteiger partial charge in [0.1, 0.15) is 0 Å². The van der Waals surface area contributed by atoms with Gasteiger partial charge < -0.3 is 15.4 Å². The van der Waals surface area contributed by atoms with Crippen molar-refractivity contribution in [3.05, 3.63) is 11.3 Å². The van der Waals surface area contributed by atoms with E-state index in [2.05, 4.69) is 15.5 Å². The highest BCUT2D eigenvalue weighted by Gasteiger charge is 2.32. The molecule has 130 valence electrons. The Morgan fingerprint density at radius 1 is 1.17 bits per heavy atom. The second-order valence-corrected chi connectivity index (χ2v) is 6.22. The minimum Gasteiger partial charge on any atom is -0.463 e. The van der Waals surface area contributed by atoms with Crippen LogP contribution in [0.25, 0.3) is 0 Å². The predicted octanol–water partition coefficient (Wildman–Crippen LogP) is 2.16. The highest BCUT2D eigenvalue weighted by molar-refractivity contribution is 5.94. The maximum absolute atomic E-state index is 12.4. The van der Waals surface area contributed by atoms with Crippen molar-refractivity contribution >= 4 is 12.0 Å². The number of urea groups is 1. The number of esters is 1. The van der Waals surface area contributed by atoms with E-state index in [1.165, 1.54) is 32.1 Å². The Bertz CT molecular complexity index is 454. The van der Waals surface area contributed by atoms with Gasteiger partial charge in [-0.15, -0.1) is 0 Å². The Balaban J connectivity index is 2.19. The molecule has 0 aliphatic carbocycles. The second-order valence-electron chi connectivity index (χ2n) is 6.22. The monoisotopic (exact) mass is 323 g/mol. The number of nitrogens with one attached hydrogen (secondary N) is 2. The van der Waals surface area contributed by atoms with Gasteiger partial charge in [-0.05, 0) is 39.3 Å². The lowest BCUT2D eigenvalue weighted by Gasteiger charge is -2.32. The quantitative estimate of drug-likeness (QED) is 0.761. The molecule has 0 aromatic carbocycles. The standard InChI is InChI=1S/C17H29N3O3/c1-3-13-15(16(21)23-4-2)14(19-17(22)18-13)12-20-10-8-6-5-7-9-11-20/h13H,3-12H2,1-2H3,(H2,18,19,22)/t13-/m0/s1. The van der Waals surface area contributed by atoms with E-state index in [1.54, 1.807) is 6.92 Å². The summed E-state index contributed by atoms with van der Waals surface area (Å²) in [5, 5.41) is 5.66. The minimum absolute atomic E-state index is 0.230. The fourth-order valence-electron chi connectivity index (χ4n) is 3.28. The van der Waals surface area contributed by atoms with Gasteiger partial charge in [0.05, 0.1) is 18.2 Å². The smallest absolute Gasteiger partial charge is 0.337 e. The first-order chi connectivity index (χ1) is 11.2. The predicted molar refractivity (Wildman–Crippen MR) is 88.9 cm³/mol. The summed E-state index contributed by atoms with van der Waals surface area (Å²) in [6, 6.07) is -0.500. The molecule has 2 rings (SSSR count). The molecule has 0 bridgehead atoms. The first-order valence-electron chi connectivity index (χ1n) is 8.85. The SMILES string of the molecule is CCOC(=O)C1=C(CN2CCCCCCC2)NC(=O)N[C@H]1CC. The van der Waals surface area contributed by atoms with Gasteiger partial charge >= 0.3 is 12.0 Å². The van der Waals surface area contributed by atoms with Gasteiger partial charge in [0.2, 0.25) is 0 Å². The summed E-state index contributed by atoms with van der Waals surface area (Å²) < 4.78 is 5.21. The van der Waals surface area contributed by atoms with Crippen molar-refractivity contribution in [2.45, 2.75) is 58.4 Å². The molecule has 0 spiro atoms. The van der Waals surface area contributed by atoms with Gasteiger partial charge in [-0.25, -0.2) is 9.59 Å². The van der Waals surface area contributed by atoms with E-state index in [0.717, 1.165) is 13.1 Å². The molecule has 6 nitrogen and oxygen atoms in total. The Morgan fingerprint density at radius 3 is 2.43 bits per heavy atom. The van der Waals surface area contributed by atoms with Crippen LogP contribution in [0.15, 0.2) is 11.3 Å². The third-order valence-electron chi connectivity index (χ3n) is 4.48. The number of hydrogen-bond acceptors (Lipinski definition) is 4. The van der Waals surface area contributed by atoms with Crippen LogP contribution in [0.2, 0.25) is 0 Å². The lowest BCUT2D eigenvalue weighted by atomic mass is 9.99. The summed E-state index contributed by atoms with van der Waals surface area (Å²) in [5.74, 6) is -0.325. The first kappa shape index (κ1) is 17.8. The first-order valence-corrected chi connectivity index (χ1v) is 8.85. The van der Waals surface area contributed by atoms with Crippen molar-refractivity contribution in [1.29, 1.82) is 0 Å². The fourth-order valence-corrected chi connectivity index (χ4v) is 3.28. The van der Waals surface area contributed by atoms with Gasteiger partial charge in [-0.3, -0.25) is 4.90 Å². The fraction of sp³-hybridized carbons (Fsp3) is 0.765. The zero-order valence-corrected chi connectivity index (χ0v) is 14.3. The van der Waals surface area contributed by atoms with Crippen LogP contribution < -0.4 is 10.6 Å². The summed E-state index contributed by atoms with van der Waals surface area (Å²) in [5.41, 5.74) is 1.29. The summed E-state index contributed by atoms with van der Waals surface area (Å²) >= 11 is 0. The van der Waals surface area contributed by atoms with Crippen molar-refractivity contribution in [2.75, 3.05) is 26.2 Å². The van der Waals surface area contributed by atoms with Gasteiger partial charge in [0.25, 0.3) is 0 Å². The van der Waals surface area contributed by atoms with Crippen LogP contribution in [0.3, 0.4) is 0 Å². The number of carbonyl (C=O) groups is 2. The Morgan fingerprint density at radius 2 is 1.83 bits per heavy atom. The average Bonchev–Trinajstić information content (AvgIpc) is 2.49. The normalized spacial score (nSPS) is 23.6. The van der Waals surface area contributed by atoms with E-state index in [0.29, 0.717) is 30.8 Å². The van der Waals surface area contributed by atoms with Crippen molar-refractivity contribution in [3.8, 4) is 0 Å². The zero-order chi connectivity index (χ0) is 16.7. The highest BCUT2D eigenvalue weighted by atomic mass is 16.5. The van der Waals surface area contributed by atoms with E-state index in [9.17, 15) is 9.59 Å². The largest absolute Gasteiger partial charge is 0.463 e. The number of amides is 2. The molecule has 1 saturated heterocycles. The Labute approximate surface area is 138 Å². The topological polar surface area (TPSA) is 70.7 Å². The molecule has 0 radical (unpaired) electrons. The molecule has 0 unspecified atom stereocenters. The summed E-state index contributed by atoms with van der Waals surface area (Å²) in [6.07, 6.45) is 6.84. The molecule has 2 heterocycles. The molecule has 2 aliphatic heterocycles. The van der Waals surface area contributed by atoms with Gasteiger partial charge in [0.15, 0.2) is 0 Å². The Kier molecular flexibility index (Phi) is 6.89.